The topological polar surface area (TPSA) is 202 Å². The molecule has 18 nitrogen and oxygen atoms in total. The number of imidazole rings is 1. The minimum Gasteiger partial charge on any atom is -0.497 e. The molecule has 1 amide bonds. The summed E-state index contributed by atoms with van der Waals surface area (Å²) in [6.07, 6.45) is -1.26. The number of nitrogens with zero attached hydrogens (tertiary/aromatic N) is 7. The van der Waals surface area contributed by atoms with Gasteiger partial charge in [-0.3, -0.25) is 9.36 Å². The molecule has 74 heavy (non-hydrogen) atoms. The fourth-order valence-corrected chi connectivity index (χ4v) is 12.2. The van der Waals surface area contributed by atoms with Crippen molar-refractivity contribution >= 4 is 58.6 Å². The molecule has 0 aliphatic carbocycles. The molecule has 0 saturated carbocycles. The molecular formula is C53H63N8O10PS2. The number of carbonyl (C=O) groups is 1. The number of methoxy groups -OCH3 is 2. The number of hydrogen-bond donors (Lipinski definition) is 1. The number of nitrogens with one attached hydrogen (secondary N) is 1. The van der Waals surface area contributed by atoms with Crippen LogP contribution >= 0.6 is 20.7 Å². The zero-order valence-electron chi connectivity index (χ0n) is 41.4. The Morgan fingerprint density at radius 3 is 2.01 bits per heavy atom. The van der Waals surface area contributed by atoms with Crippen molar-refractivity contribution in [1.29, 1.82) is 5.26 Å². The van der Waals surface area contributed by atoms with E-state index in [1.807, 2.05) is 113 Å². The Balaban J connectivity index is 0.00000800. The van der Waals surface area contributed by atoms with Crippen LogP contribution in [0.1, 0.15) is 74.8 Å². The van der Waals surface area contributed by atoms with Gasteiger partial charge in [0.1, 0.15) is 35.6 Å². The van der Waals surface area contributed by atoms with E-state index in [4.69, 9.17) is 49.9 Å². The number of anilines is 1. The first-order chi connectivity index (χ1) is 35.3. The number of rotatable bonds is 20. The molecular weight excluding hydrogens is 1000 g/mol. The van der Waals surface area contributed by atoms with Crippen molar-refractivity contribution in [2.45, 2.75) is 83.8 Å². The number of hydrogen-bond acceptors (Lipinski definition) is 16. The lowest BCUT2D eigenvalue weighted by Gasteiger charge is -2.39. The Labute approximate surface area is 439 Å². The molecule has 1 N–H and O–H groups in total. The normalized spacial score (nSPS) is 18.9. The summed E-state index contributed by atoms with van der Waals surface area (Å²) < 4.78 is 75.7. The number of aromatic nitrogens is 4. The minimum absolute atomic E-state index is 0. The van der Waals surface area contributed by atoms with Gasteiger partial charge < -0.3 is 42.9 Å². The Bertz CT molecular complexity index is 2900. The van der Waals surface area contributed by atoms with Crippen molar-refractivity contribution in [1.82, 2.24) is 29.1 Å². The molecule has 0 bridgehead atoms. The van der Waals surface area contributed by atoms with Crippen LogP contribution in [0.15, 0.2) is 122 Å². The smallest absolute Gasteiger partial charge is 0.259 e. The molecule has 6 aromatic rings. The van der Waals surface area contributed by atoms with Gasteiger partial charge in [-0.15, -0.1) is 0 Å². The number of sulfone groups is 1. The molecule has 2 aromatic heterocycles. The van der Waals surface area contributed by atoms with E-state index in [-0.39, 0.29) is 80.2 Å². The first-order valence-electron chi connectivity index (χ1n) is 23.9. The van der Waals surface area contributed by atoms with E-state index < -0.39 is 54.4 Å². The number of carbonyl (C=O) groups excluding carboxylic acids is 1. The summed E-state index contributed by atoms with van der Waals surface area (Å²) in [4.78, 5) is 29.0. The second-order valence-electron chi connectivity index (χ2n) is 17.9. The maximum absolute atomic E-state index is 13.5. The zero-order valence-corrected chi connectivity index (χ0v) is 44.0. The summed E-state index contributed by atoms with van der Waals surface area (Å²) in [5.74, 6) is 0.867. The van der Waals surface area contributed by atoms with Gasteiger partial charge in [0.25, 0.3) is 19.6 Å². The van der Waals surface area contributed by atoms with E-state index in [0.717, 1.165) is 16.7 Å². The Kier molecular flexibility index (Phi) is 18.7. The highest BCUT2D eigenvalue weighted by Crippen LogP contribution is 2.52. The third-order valence-electron chi connectivity index (χ3n) is 12.5. The predicted molar refractivity (Wildman–Crippen MR) is 286 cm³/mol. The number of thiocarbonyl (C=S) groups is 1. The summed E-state index contributed by atoms with van der Waals surface area (Å²) >= 11 is 6.04. The van der Waals surface area contributed by atoms with Crippen LogP contribution in [-0.4, -0.2) is 131 Å². The third-order valence-corrected chi connectivity index (χ3v) is 16.6. The van der Waals surface area contributed by atoms with Crippen LogP contribution in [0.4, 0.5) is 5.82 Å². The number of ether oxygens (including phenoxy) is 5. The third kappa shape index (κ3) is 12.3. The first-order valence-corrected chi connectivity index (χ1v) is 27.2. The van der Waals surface area contributed by atoms with Gasteiger partial charge in [-0.2, -0.15) is 5.26 Å². The lowest BCUT2D eigenvalue weighted by atomic mass is 9.80. The lowest BCUT2D eigenvalue weighted by Crippen LogP contribution is -2.48. The summed E-state index contributed by atoms with van der Waals surface area (Å²) in [5.41, 5.74) is 2.06. The highest BCUT2D eigenvalue weighted by Gasteiger charge is 2.53. The fourth-order valence-electron chi connectivity index (χ4n) is 8.98. The minimum atomic E-state index is -3.28. The summed E-state index contributed by atoms with van der Waals surface area (Å²) in [6.45, 7) is 8.34. The van der Waals surface area contributed by atoms with Gasteiger partial charge >= 0.3 is 0 Å². The van der Waals surface area contributed by atoms with Crippen LogP contribution in [0, 0.1) is 11.3 Å². The molecule has 4 heterocycles. The van der Waals surface area contributed by atoms with Crippen LogP contribution in [0.2, 0.25) is 0 Å². The molecule has 392 valence electrons. The van der Waals surface area contributed by atoms with Gasteiger partial charge in [-0.25, -0.2) is 28.0 Å². The Morgan fingerprint density at radius 1 is 0.865 bits per heavy atom. The average Bonchev–Trinajstić information content (AvgIpc) is 3.98. The zero-order chi connectivity index (χ0) is 51.7. The second kappa shape index (κ2) is 24.9. The van der Waals surface area contributed by atoms with Crippen LogP contribution in [0.5, 0.6) is 11.5 Å². The van der Waals surface area contributed by atoms with Crippen molar-refractivity contribution in [3.05, 3.63) is 144 Å². The number of amides is 1. The largest absolute Gasteiger partial charge is 0.497 e. The van der Waals surface area contributed by atoms with Crippen molar-refractivity contribution in [3.8, 4) is 17.6 Å². The molecule has 4 aromatic carbocycles. The highest BCUT2D eigenvalue weighted by molar-refractivity contribution is 7.91. The van der Waals surface area contributed by atoms with E-state index in [1.54, 1.807) is 48.0 Å². The molecule has 0 spiro atoms. The molecule has 2 unspecified atom stereocenters. The second-order valence-corrected chi connectivity index (χ2v) is 21.9. The van der Waals surface area contributed by atoms with Crippen molar-refractivity contribution in [2.24, 2.45) is 0 Å². The number of benzene rings is 4. The van der Waals surface area contributed by atoms with E-state index in [0.29, 0.717) is 22.7 Å². The summed E-state index contributed by atoms with van der Waals surface area (Å²) in [5, 5.41) is 12.6. The SMILES string of the molecule is C.COc1ccc(C(OC[C@H]2O[C@@H](n3cnc4c(NC(=O)c5ccccc5)ncnc43)C(OC(=S)N3CCS(=O)(=O)CC3)[C@H]2OP(OCCC#N)N(C(C)C)C(C)C)(c2ccccc2)c2ccc(OC)cc2)cc1. The molecule has 0 radical (unpaired) electrons. The average molecular weight is 1070 g/mol. The van der Waals surface area contributed by atoms with Crippen molar-refractivity contribution < 1.29 is 45.9 Å². The predicted octanol–water partition coefficient (Wildman–Crippen LogP) is 8.70. The summed E-state index contributed by atoms with van der Waals surface area (Å²) in [6, 6.07) is 36.0. The van der Waals surface area contributed by atoms with Gasteiger partial charge in [0.05, 0.1) is 57.8 Å². The molecule has 21 heteroatoms. The van der Waals surface area contributed by atoms with E-state index in [9.17, 15) is 18.5 Å². The van der Waals surface area contributed by atoms with Crippen LogP contribution in [-0.2, 0) is 38.7 Å². The number of nitriles is 1. The standard InChI is InChI=1S/C52H59N8O10PS2.CH4/c1-35(2)60(36(3)4)71(67-29-13-26-53)70-45-43(32-66-52(38-16-11-8-12-17-38,39-18-22-41(64-5)23-19-39)40-20-24-42(65-6)25-21-40)68-50(46(45)69-51(72)58-27-30-73(62,63)31-28-58)59-34-56-44-47(54-33-55-48(44)59)57-49(61)37-14-9-7-10-15-37;/h7-12,14-25,33-36,43,45-46,50H,13,27-32H2,1-6H3,(H,54,55,57,61);1H4/t43-,45+,46?,50-,71?;/m1./s1. The van der Waals surface area contributed by atoms with Crippen LogP contribution in [0.3, 0.4) is 0 Å². The van der Waals surface area contributed by atoms with E-state index in [1.165, 1.54) is 12.7 Å². The molecule has 2 fully saturated rings. The van der Waals surface area contributed by atoms with Gasteiger partial charge in [0.2, 0.25) is 0 Å². The molecule has 2 saturated heterocycles. The Morgan fingerprint density at radius 2 is 1.45 bits per heavy atom. The molecule has 2 aliphatic rings. The molecule has 2 aliphatic heterocycles. The van der Waals surface area contributed by atoms with E-state index in [2.05, 4.69) is 26.0 Å². The monoisotopic (exact) mass is 1070 g/mol. The molecule has 8 rings (SSSR count). The van der Waals surface area contributed by atoms with Gasteiger partial charge in [0.15, 0.2) is 39.2 Å². The van der Waals surface area contributed by atoms with E-state index >= 15 is 0 Å². The fraction of sp³-hybridized carbons (Fsp3) is 0.396. The highest BCUT2D eigenvalue weighted by atomic mass is 32.2. The lowest BCUT2D eigenvalue weighted by molar-refractivity contribution is -0.0927. The van der Waals surface area contributed by atoms with Gasteiger partial charge in [-0.05, 0) is 93.0 Å². The maximum Gasteiger partial charge on any atom is 0.259 e. The number of fused-ring (bicyclic) bond motifs is 1. The van der Waals surface area contributed by atoms with Crippen LogP contribution < -0.4 is 14.8 Å². The van der Waals surface area contributed by atoms with Gasteiger partial charge in [0, 0.05) is 30.7 Å². The Hall–Kier alpha value is -6.14. The van der Waals surface area contributed by atoms with Crippen molar-refractivity contribution in [3.63, 3.8) is 0 Å². The maximum atomic E-state index is 13.5. The molecule has 5 atom stereocenters. The van der Waals surface area contributed by atoms with Gasteiger partial charge in [-0.1, -0.05) is 80.2 Å². The summed E-state index contributed by atoms with van der Waals surface area (Å²) in [7, 11) is -2.02. The van der Waals surface area contributed by atoms with Crippen LogP contribution in [0.25, 0.3) is 11.2 Å². The first kappa shape index (κ1) is 55.6. The van der Waals surface area contributed by atoms with Crippen molar-refractivity contribution in [2.75, 3.05) is 57.3 Å². The quantitative estimate of drug-likeness (QED) is 0.0329.